The monoisotopic (exact) mass is 328 g/mol. The Morgan fingerprint density at radius 1 is 1.33 bits per heavy atom. The molecule has 6 nitrogen and oxygen atoms in total. The second-order valence-corrected chi connectivity index (χ2v) is 5.72. The number of nitrogens with one attached hydrogen (secondary N) is 1. The first kappa shape index (κ1) is 14.9. The van der Waals surface area contributed by atoms with Gasteiger partial charge in [0.05, 0.1) is 12.1 Å². The third-order valence-corrected chi connectivity index (χ3v) is 4.10. The van der Waals surface area contributed by atoms with Gasteiger partial charge in [-0.2, -0.15) is 0 Å². The van der Waals surface area contributed by atoms with Gasteiger partial charge in [0.2, 0.25) is 0 Å². The van der Waals surface area contributed by atoms with Crippen molar-refractivity contribution >= 4 is 16.9 Å². The molecule has 0 saturated heterocycles. The van der Waals surface area contributed by atoms with Crippen molar-refractivity contribution in [3.8, 4) is 5.75 Å². The summed E-state index contributed by atoms with van der Waals surface area (Å²) in [6.07, 6.45) is 4.10. The van der Waals surface area contributed by atoms with Crippen LogP contribution in [0, 0.1) is 5.82 Å². The van der Waals surface area contributed by atoms with Crippen LogP contribution in [0.3, 0.4) is 0 Å². The van der Waals surface area contributed by atoms with E-state index in [1.807, 2.05) is 23.9 Å². The zero-order valence-corrected chi connectivity index (χ0v) is 13.3. The zero-order chi connectivity index (χ0) is 16.5. The van der Waals surface area contributed by atoms with Gasteiger partial charge in [0, 0.05) is 25.4 Å². The Labute approximate surface area is 138 Å². The van der Waals surface area contributed by atoms with Gasteiger partial charge in [0.1, 0.15) is 23.4 Å². The summed E-state index contributed by atoms with van der Waals surface area (Å²) in [5, 5.41) is 3.31. The molecule has 3 heterocycles. The number of hydrogen-bond acceptors (Lipinski definition) is 5. The molecule has 0 aliphatic carbocycles. The number of nitrogens with zero attached hydrogens (tertiary/aromatic N) is 3. The molecule has 1 aromatic carbocycles. The summed E-state index contributed by atoms with van der Waals surface area (Å²) in [4.78, 5) is 8.55. The largest absolute Gasteiger partial charge is 0.467 e. The first-order valence-corrected chi connectivity index (χ1v) is 7.74. The first-order chi connectivity index (χ1) is 11.7. The van der Waals surface area contributed by atoms with Gasteiger partial charge in [0.25, 0.3) is 0 Å². The minimum atomic E-state index is -0.273. The molecule has 0 fully saturated rings. The number of aromatic nitrogens is 3. The van der Waals surface area contributed by atoms with Crippen molar-refractivity contribution in [1.29, 1.82) is 0 Å². The molecule has 0 amide bonds. The van der Waals surface area contributed by atoms with E-state index < -0.39 is 0 Å². The Morgan fingerprint density at radius 3 is 3.17 bits per heavy atom. The molecule has 0 bridgehead atoms. The predicted molar refractivity (Wildman–Crippen MR) is 87.4 cm³/mol. The number of halogens is 1. The number of ether oxygens (including phenoxy) is 2. The molecule has 1 N–H and O–H groups in total. The number of aryl methyl sites for hydroxylation is 1. The number of rotatable bonds is 4. The van der Waals surface area contributed by atoms with Gasteiger partial charge in [-0.15, -0.1) is 0 Å². The average molecular weight is 328 g/mol. The fourth-order valence-electron chi connectivity index (χ4n) is 3.01. The molecular weight excluding hydrogens is 311 g/mol. The van der Waals surface area contributed by atoms with Gasteiger partial charge in [-0.1, -0.05) is 0 Å². The Bertz CT molecular complexity index is 894. The second kappa shape index (κ2) is 6.09. The highest BCUT2D eigenvalue weighted by atomic mass is 19.1. The van der Waals surface area contributed by atoms with Crippen LogP contribution in [0.5, 0.6) is 5.75 Å². The molecule has 124 valence electrons. The molecule has 0 spiro atoms. The standard InChI is InChI=1S/C17H17FN4O2/c1-22-5-3-14-15(22)17(21-9-20-14)19-4-2-11-6-13(18)7-12-8-23-10-24-16(11)12/h3,5-7,9H,2,4,8,10H2,1H3,(H,19,20,21). The average Bonchev–Trinajstić information content (AvgIpc) is 2.97. The lowest BCUT2D eigenvalue weighted by molar-refractivity contribution is -0.0172. The van der Waals surface area contributed by atoms with Crippen LogP contribution in [0.25, 0.3) is 11.0 Å². The first-order valence-electron chi connectivity index (χ1n) is 7.74. The van der Waals surface area contributed by atoms with Crippen LogP contribution in [-0.2, 0) is 24.8 Å². The zero-order valence-electron chi connectivity index (χ0n) is 13.3. The third-order valence-electron chi connectivity index (χ3n) is 4.10. The lowest BCUT2D eigenvalue weighted by atomic mass is 10.1. The highest BCUT2D eigenvalue weighted by molar-refractivity contribution is 5.86. The Morgan fingerprint density at radius 2 is 2.25 bits per heavy atom. The number of anilines is 1. The predicted octanol–water partition coefficient (Wildman–Crippen LogP) is 2.63. The lowest BCUT2D eigenvalue weighted by Gasteiger charge is -2.21. The smallest absolute Gasteiger partial charge is 0.189 e. The second-order valence-electron chi connectivity index (χ2n) is 5.72. The molecule has 1 aliphatic rings. The van der Waals surface area contributed by atoms with Crippen LogP contribution in [-0.4, -0.2) is 27.9 Å². The highest BCUT2D eigenvalue weighted by Crippen LogP contribution is 2.30. The summed E-state index contributed by atoms with van der Waals surface area (Å²) < 4.78 is 26.5. The molecule has 3 aromatic rings. The fraction of sp³-hybridized carbons (Fsp3) is 0.294. The van der Waals surface area contributed by atoms with Crippen molar-refractivity contribution in [3.63, 3.8) is 0 Å². The van der Waals surface area contributed by atoms with E-state index in [-0.39, 0.29) is 12.6 Å². The minimum Gasteiger partial charge on any atom is -0.467 e. The maximum atomic E-state index is 13.8. The Balaban J connectivity index is 1.53. The van der Waals surface area contributed by atoms with Crippen LogP contribution >= 0.6 is 0 Å². The Kier molecular flexibility index (Phi) is 3.78. The van der Waals surface area contributed by atoms with Gasteiger partial charge < -0.3 is 19.4 Å². The van der Waals surface area contributed by atoms with Crippen molar-refractivity contribution in [2.45, 2.75) is 13.0 Å². The van der Waals surface area contributed by atoms with E-state index in [9.17, 15) is 4.39 Å². The molecule has 0 radical (unpaired) electrons. The molecule has 4 rings (SSSR count). The van der Waals surface area contributed by atoms with E-state index in [0.717, 1.165) is 33.7 Å². The summed E-state index contributed by atoms with van der Waals surface area (Å²) in [7, 11) is 1.95. The van der Waals surface area contributed by atoms with Gasteiger partial charge in [0.15, 0.2) is 12.6 Å². The van der Waals surface area contributed by atoms with Crippen molar-refractivity contribution < 1.29 is 13.9 Å². The van der Waals surface area contributed by atoms with Crippen LogP contribution in [0.1, 0.15) is 11.1 Å². The summed E-state index contributed by atoms with van der Waals surface area (Å²) in [6.45, 7) is 1.19. The summed E-state index contributed by atoms with van der Waals surface area (Å²) in [5.74, 6) is 1.22. The van der Waals surface area contributed by atoms with E-state index in [2.05, 4.69) is 15.3 Å². The quantitative estimate of drug-likeness (QED) is 0.798. The number of fused-ring (bicyclic) bond motifs is 2. The van der Waals surface area contributed by atoms with Crippen LogP contribution in [0.15, 0.2) is 30.7 Å². The van der Waals surface area contributed by atoms with Gasteiger partial charge in [-0.25, -0.2) is 14.4 Å². The maximum absolute atomic E-state index is 13.8. The van der Waals surface area contributed by atoms with Gasteiger partial charge >= 0.3 is 0 Å². The van der Waals surface area contributed by atoms with E-state index in [1.54, 1.807) is 0 Å². The molecule has 7 heteroatoms. The van der Waals surface area contributed by atoms with Crippen LogP contribution in [0.2, 0.25) is 0 Å². The normalized spacial score (nSPS) is 13.6. The van der Waals surface area contributed by atoms with Crippen LogP contribution < -0.4 is 10.1 Å². The topological polar surface area (TPSA) is 61.2 Å². The van der Waals surface area contributed by atoms with Crippen molar-refractivity contribution in [1.82, 2.24) is 14.5 Å². The highest BCUT2D eigenvalue weighted by Gasteiger charge is 2.17. The summed E-state index contributed by atoms with van der Waals surface area (Å²) in [6, 6.07) is 4.92. The lowest BCUT2D eigenvalue weighted by Crippen LogP contribution is -2.15. The van der Waals surface area contributed by atoms with Gasteiger partial charge in [-0.05, 0) is 30.2 Å². The molecule has 0 unspecified atom stereocenters. The molecule has 24 heavy (non-hydrogen) atoms. The molecule has 0 atom stereocenters. The number of benzene rings is 1. The van der Waals surface area contributed by atoms with Crippen molar-refractivity contribution in [3.05, 3.63) is 47.7 Å². The molecule has 2 aromatic heterocycles. The summed E-state index contributed by atoms with van der Waals surface area (Å²) in [5.41, 5.74) is 3.42. The van der Waals surface area contributed by atoms with Crippen molar-refractivity contribution in [2.75, 3.05) is 18.7 Å². The van der Waals surface area contributed by atoms with E-state index in [1.165, 1.54) is 18.5 Å². The summed E-state index contributed by atoms with van der Waals surface area (Å²) >= 11 is 0. The molecular formula is C17H17FN4O2. The van der Waals surface area contributed by atoms with Crippen molar-refractivity contribution in [2.24, 2.45) is 7.05 Å². The SMILES string of the molecule is Cn1ccc2ncnc(NCCc3cc(F)cc4c3OCOC4)c21. The van der Waals surface area contributed by atoms with E-state index in [0.29, 0.717) is 19.6 Å². The third kappa shape index (κ3) is 2.67. The van der Waals surface area contributed by atoms with Crippen LogP contribution in [0.4, 0.5) is 10.2 Å². The fourth-order valence-corrected chi connectivity index (χ4v) is 3.01. The van der Waals surface area contributed by atoms with E-state index in [4.69, 9.17) is 9.47 Å². The maximum Gasteiger partial charge on any atom is 0.189 e. The van der Waals surface area contributed by atoms with E-state index >= 15 is 0 Å². The molecule has 1 aliphatic heterocycles. The minimum absolute atomic E-state index is 0.203. The molecule has 0 saturated carbocycles. The Hall–Kier alpha value is -2.67. The number of hydrogen-bond donors (Lipinski definition) is 1. The van der Waals surface area contributed by atoms with Gasteiger partial charge in [-0.3, -0.25) is 0 Å².